The molecule has 1 aromatic heterocycles. The van der Waals surface area contributed by atoms with Crippen LogP contribution in [-0.2, 0) is 26.4 Å². The van der Waals surface area contributed by atoms with E-state index in [0.717, 1.165) is 42.1 Å². The molecule has 26 heavy (non-hydrogen) atoms. The number of benzene rings is 1. The molecular formula is C19H27N5O2. The summed E-state index contributed by atoms with van der Waals surface area (Å²) in [5, 5.41) is 7.70. The summed E-state index contributed by atoms with van der Waals surface area (Å²) in [6.45, 7) is 6.08. The fourth-order valence-electron chi connectivity index (χ4n) is 3.17. The van der Waals surface area contributed by atoms with Crippen LogP contribution in [0.25, 0.3) is 0 Å². The molecule has 1 aromatic carbocycles. The highest BCUT2D eigenvalue weighted by atomic mass is 16.5. The van der Waals surface area contributed by atoms with Crippen LogP contribution in [0, 0.1) is 0 Å². The van der Waals surface area contributed by atoms with Crippen molar-refractivity contribution in [3.05, 3.63) is 35.2 Å². The molecule has 3 N–H and O–H groups in total. The van der Waals surface area contributed by atoms with Crippen molar-refractivity contribution in [1.29, 1.82) is 0 Å². The van der Waals surface area contributed by atoms with E-state index in [9.17, 15) is 0 Å². The van der Waals surface area contributed by atoms with Gasteiger partial charge >= 0.3 is 0 Å². The first-order chi connectivity index (χ1) is 12.6. The number of aromatic nitrogens is 2. The van der Waals surface area contributed by atoms with Gasteiger partial charge in [0, 0.05) is 36.5 Å². The van der Waals surface area contributed by atoms with Crippen LogP contribution in [0.15, 0.2) is 23.2 Å². The van der Waals surface area contributed by atoms with Crippen LogP contribution in [-0.4, -0.2) is 29.0 Å². The van der Waals surface area contributed by atoms with E-state index in [-0.39, 0.29) is 0 Å². The lowest BCUT2D eigenvalue weighted by Crippen LogP contribution is -2.22. The second-order valence-electron chi connectivity index (χ2n) is 6.24. The molecule has 1 aliphatic heterocycles. The Morgan fingerprint density at radius 3 is 2.73 bits per heavy atom. The van der Waals surface area contributed by atoms with Crippen molar-refractivity contribution < 1.29 is 9.47 Å². The third-order valence-electron chi connectivity index (χ3n) is 4.46. The Labute approximate surface area is 154 Å². The Morgan fingerprint density at radius 1 is 1.23 bits per heavy atom. The van der Waals surface area contributed by atoms with Gasteiger partial charge in [-0.1, -0.05) is 13.8 Å². The van der Waals surface area contributed by atoms with Gasteiger partial charge in [-0.25, -0.2) is 4.99 Å². The van der Waals surface area contributed by atoms with Gasteiger partial charge in [0.2, 0.25) is 0 Å². The molecule has 1 aliphatic rings. The number of hydrogen-bond donors (Lipinski definition) is 2. The molecule has 0 spiro atoms. The Bertz CT molecular complexity index is 797. The molecule has 0 saturated heterocycles. The molecule has 0 saturated carbocycles. The molecule has 7 nitrogen and oxygen atoms in total. The molecule has 0 unspecified atom stereocenters. The van der Waals surface area contributed by atoms with Gasteiger partial charge in [-0.15, -0.1) is 0 Å². The van der Waals surface area contributed by atoms with Crippen molar-refractivity contribution in [2.75, 3.05) is 18.5 Å². The lowest BCUT2D eigenvalue weighted by Gasteiger charge is -2.11. The van der Waals surface area contributed by atoms with Gasteiger partial charge in [-0.05, 0) is 25.0 Å². The number of fused-ring (bicyclic) bond motifs is 1. The minimum Gasteiger partial charge on any atom is -0.490 e. The summed E-state index contributed by atoms with van der Waals surface area (Å²) in [6, 6.07) is 5.69. The van der Waals surface area contributed by atoms with Gasteiger partial charge in [0.15, 0.2) is 17.5 Å². The maximum Gasteiger partial charge on any atom is 0.193 e. The Morgan fingerprint density at radius 2 is 2.00 bits per heavy atom. The van der Waals surface area contributed by atoms with Crippen LogP contribution in [0.1, 0.15) is 37.2 Å². The minimum atomic E-state index is 0.368. The molecular weight excluding hydrogens is 330 g/mol. The smallest absolute Gasteiger partial charge is 0.193 e. The second-order valence-corrected chi connectivity index (χ2v) is 6.24. The highest BCUT2D eigenvalue weighted by Gasteiger charge is 2.14. The monoisotopic (exact) mass is 357 g/mol. The lowest BCUT2D eigenvalue weighted by atomic mass is 10.1. The van der Waals surface area contributed by atoms with Crippen LogP contribution in [0.2, 0.25) is 0 Å². The van der Waals surface area contributed by atoms with E-state index in [4.69, 9.17) is 15.2 Å². The standard InChI is InChI=1S/C19H27N5O2/c1-4-15-14(16(5-2)24(3)23-15)12-21-19(20)22-13-7-8-17-18(11-13)26-10-6-9-25-17/h7-8,11H,4-6,9-10,12H2,1-3H3,(H3,20,21,22). The number of rotatable bonds is 5. The molecule has 140 valence electrons. The first kappa shape index (κ1) is 18.1. The minimum absolute atomic E-state index is 0.368. The Balaban J connectivity index is 1.72. The zero-order valence-electron chi connectivity index (χ0n) is 15.7. The zero-order valence-corrected chi connectivity index (χ0v) is 15.7. The summed E-state index contributed by atoms with van der Waals surface area (Å²) in [6.07, 6.45) is 2.68. The van der Waals surface area contributed by atoms with E-state index in [2.05, 4.69) is 29.3 Å². The highest BCUT2D eigenvalue weighted by Crippen LogP contribution is 2.32. The summed E-state index contributed by atoms with van der Waals surface area (Å²) in [7, 11) is 1.98. The Kier molecular flexibility index (Phi) is 5.65. The third kappa shape index (κ3) is 3.92. The number of nitrogens with one attached hydrogen (secondary N) is 1. The number of ether oxygens (including phenoxy) is 2. The van der Waals surface area contributed by atoms with Crippen LogP contribution >= 0.6 is 0 Å². The number of aliphatic imine (C=N–C) groups is 1. The van der Waals surface area contributed by atoms with Crippen molar-refractivity contribution in [2.45, 2.75) is 39.7 Å². The van der Waals surface area contributed by atoms with Crippen LogP contribution in [0.5, 0.6) is 11.5 Å². The number of nitrogens with two attached hydrogens (primary N) is 1. The molecule has 2 aromatic rings. The first-order valence-electron chi connectivity index (χ1n) is 9.12. The van der Waals surface area contributed by atoms with Gasteiger partial charge in [0.1, 0.15) is 0 Å². The maximum atomic E-state index is 6.09. The van der Waals surface area contributed by atoms with E-state index in [1.54, 1.807) is 0 Å². The molecule has 0 radical (unpaired) electrons. The average molecular weight is 357 g/mol. The number of aryl methyl sites for hydroxylation is 2. The number of hydrogen-bond acceptors (Lipinski definition) is 4. The van der Waals surface area contributed by atoms with Gasteiger partial charge in [-0.2, -0.15) is 5.10 Å². The molecule has 0 fully saturated rings. The summed E-state index contributed by atoms with van der Waals surface area (Å²) in [5.41, 5.74) is 10.4. The predicted molar refractivity (Wildman–Crippen MR) is 103 cm³/mol. The fourth-order valence-corrected chi connectivity index (χ4v) is 3.17. The van der Waals surface area contributed by atoms with Gasteiger partial charge in [-0.3, -0.25) is 4.68 Å². The quantitative estimate of drug-likeness (QED) is 0.634. The summed E-state index contributed by atoms with van der Waals surface area (Å²) in [4.78, 5) is 4.51. The van der Waals surface area contributed by atoms with Crippen molar-refractivity contribution in [1.82, 2.24) is 9.78 Å². The van der Waals surface area contributed by atoms with Crippen molar-refractivity contribution >= 4 is 11.6 Å². The number of anilines is 1. The van der Waals surface area contributed by atoms with Crippen molar-refractivity contribution in [3.8, 4) is 11.5 Å². The van der Waals surface area contributed by atoms with Crippen molar-refractivity contribution in [3.63, 3.8) is 0 Å². The first-order valence-corrected chi connectivity index (χ1v) is 9.12. The van der Waals surface area contributed by atoms with Crippen molar-refractivity contribution in [2.24, 2.45) is 17.8 Å². The lowest BCUT2D eigenvalue weighted by molar-refractivity contribution is 0.297. The predicted octanol–water partition coefficient (Wildman–Crippen LogP) is 2.63. The van der Waals surface area contributed by atoms with E-state index in [1.165, 1.54) is 11.3 Å². The Hall–Kier alpha value is -2.70. The van der Waals surface area contributed by atoms with Gasteiger partial charge < -0.3 is 20.5 Å². The topological polar surface area (TPSA) is 86.7 Å². The zero-order chi connectivity index (χ0) is 18.5. The SMILES string of the molecule is CCc1nn(C)c(CC)c1CN=C(N)Nc1ccc2c(c1)OCCCO2. The molecule has 7 heteroatoms. The highest BCUT2D eigenvalue weighted by molar-refractivity contribution is 5.92. The summed E-state index contributed by atoms with van der Waals surface area (Å²) in [5.74, 6) is 1.86. The van der Waals surface area contributed by atoms with E-state index in [1.807, 2.05) is 29.9 Å². The molecule has 0 atom stereocenters. The molecule has 0 aliphatic carbocycles. The fraction of sp³-hybridized carbons (Fsp3) is 0.474. The van der Waals surface area contributed by atoms with Crippen LogP contribution < -0.4 is 20.5 Å². The van der Waals surface area contributed by atoms with Gasteiger partial charge in [0.25, 0.3) is 0 Å². The normalized spacial score (nSPS) is 14.2. The van der Waals surface area contributed by atoms with E-state index < -0.39 is 0 Å². The maximum absolute atomic E-state index is 6.09. The average Bonchev–Trinajstić information content (AvgIpc) is 2.79. The van der Waals surface area contributed by atoms with E-state index in [0.29, 0.717) is 25.7 Å². The summed E-state index contributed by atoms with van der Waals surface area (Å²) < 4.78 is 13.3. The summed E-state index contributed by atoms with van der Waals surface area (Å²) >= 11 is 0. The number of nitrogens with zero attached hydrogens (tertiary/aromatic N) is 3. The molecule has 3 rings (SSSR count). The van der Waals surface area contributed by atoms with Crippen LogP contribution in [0.4, 0.5) is 5.69 Å². The second kappa shape index (κ2) is 8.12. The van der Waals surface area contributed by atoms with Gasteiger partial charge in [0.05, 0.1) is 25.5 Å². The van der Waals surface area contributed by atoms with Crippen LogP contribution in [0.3, 0.4) is 0 Å². The molecule has 0 amide bonds. The largest absolute Gasteiger partial charge is 0.490 e. The van der Waals surface area contributed by atoms with E-state index >= 15 is 0 Å². The third-order valence-corrected chi connectivity index (χ3v) is 4.46. The number of guanidine groups is 1. The molecule has 0 bridgehead atoms. The molecule has 2 heterocycles.